The van der Waals surface area contributed by atoms with Crippen molar-refractivity contribution in [3.05, 3.63) is 23.0 Å². The van der Waals surface area contributed by atoms with Gasteiger partial charge in [-0.2, -0.15) is 0 Å². The quantitative estimate of drug-likeness (QED) is 0.436. The summed E-state index contributed by atoms with van der Waals surface area (Å²) in [6, 6.07) is 2.83. The molecule has 0 aromatic heterocycles. The van der Waals surface area contributed by atoms with Crippen molar-refractivity contribution in [1.29, 1.82) is 0 Å². The Balaban J connectivity index is 3.34. The van der Waals surface area contributed by atoms with Gasteiger partial charge in [0.25, 0.3) is 0 Å². The van der Waals surface area contributed by atoms with Crippen molar-refractivity contribution in [3.63, 3.8) is 0 Å². The molecule has 0 bridgehead atoms. The molecule has 0 fully saturated rings. The van der Waals surface area contributed by atoms with E-state index in [1.165, 1.54) is 12.1 Å². The van der Waals surface area contributed by atoms with Gasteiger partial charge in [0.2, 0.25) is 0 Å². The minimum Gasteiger partial charge on any atom is -0.397 e. The van der Waals surface area contributed by atoms with E-state index in [0.717, 1.165) is 0 Å². The van der Waals surface area contributed by atoms with E-state index in [-0.39, 0.29) is 16.2 Å². The van der Waals surface area contributed by atoms with Gasteiger partial charge >= 0.3 is 0 Å². The van der Waals surface area contributed by atoms with E-state index in [1.807, 2.05) is 0 Å². The minimum absolute atomic E-state index is 0.0131. The number of anilines is 1. The Kier molecular flexibility index (Phi) is 1.86. The number of halogens is 2. The standard InChI is InChI=1S/C6H4BClFN/c7-3-1-2-4(10)5(8)6(3)9/h1-2H,10H2. The molecule has 0 spiro atoms. The van der Waals surface area contributed by atoms with Gasteiger partial charge in [-0.15, -0.1) is 0 Å². The van der Waals surface area contributed by atoms with E-state index < -0.39 is 5.82 Å². The molecule has 2 radical (unpaired) electrons. The van der Waals surface area contributed by atoms with Crippen molar-refractivity contribution in [2.75, 3.05) is 5.73 Å². The molecule has 0 saturated carbocycles. The van der Waals surface area contributed by atoms with Crippen molar-refractivity contribution in [3.8, 4) is 0 Å². The van der Waals surface area contributed by atoms with Gasteiger partial charge in [-0.1, -0.05) is 23.1 Å². The molecule has 0 amide bonds. The SMILES string of the molecule is [B]c1ccc(N)c(Cl)c1F. The van der Waals surface area contributed by atoms with Gasteiger partial charge in [0, 0.05) is 0 Å². The highest BCUT2D eigenvalue weighted by Crippen LogP contribution is 2.19. The summed E-state index contributed by atoms with van der Waals surface area (Å²) >= 11 is 5.40. The number of hydrogen-bond donors (Lipinski definition) is 1. The summed E-state index contributed by atoms with van der Waals surface area (Å²) in [4.78, 5) is 0. The van der Waals surface area contributed by atoms with Crippen LogP contribution in [0.4, 0.5) is 10.1 Å². The summed E-state index contributed by atoms with van der Waals surface area (Å²) in [6.07, 6.45) is 0. The van der Waals surface area contributed by atoms with Crippen LogP contribution >= 0.6 is 11.6 Å². The largest absolute Gasteiger partial charge is 0.397 e. The zero-order valence-corrected chi connectivity index (χ0v) is 5.82. The van der Waals surface area contributed by atoms with Crippen molar-refractivity contribution < 1.29 is 4.39 Å². The number of benzene rings is 1. The van der Waals surface area contributed by atoms with Gasteiger partial charge in [0.05, 0.1) is 10.7 Å². The molecule has 1 aromatic rings. The Morgan fingerprint density at radius 2 is 2.10 bits per heavy atom. The zero-order valence-electron chi connectivity index (χ0n) is 5.07. The van der Waals surface area contributed by atoms with Crippen LogP contribution in [-0.4, -0.2) is 7.85 Å². The maximum absolute atomic E-state index is 12.7. The van der Waals surface area contributed by atoms with Crippen LogP contribution in [0, 0.1) is 5.82 Å². The fourth-order valence-electron chi connectivity index (χ4n) is 0.579. The van der Waals surface area contributed by atoms with Gasteiger partial charge in [0.1, 0.15) is 13.7 Å². The first-order valence-electron chi connectivity index (χ1n) is 2.62. The zero-order chi connectivity index (χ0) is 7.72. The Labute approximate surface area is 64.4 Å². The van der Waals surface area contributed by atoms with Crippen molar-refractivity contribution in [1.82, 2.24) is 0 Å². The normalized spacial score (nSPS) is 9.80. The second-order valence-electron chi connectivity index (χ2n) is 1.87. The summed E-state index contributed by atoms with van der Waals surface area (Å²) in [7, 11) is 5.17. The molecule has 2 N–H and O–H groups in total. The van der Waals surface area contributed by atoms with E-state index in [0.29, 0.717) is 0 Å². The predicted octanol–water partition coefficient (Wildman–Crippen LogP) is 0.855. The molecule has 4 heteroatoms. The third-order valence-corrected chi connectivity index (χ3v) is 1.53. The van der Waals surface area contributed by atoms with Crippen molar-refractivity contribution in [2.24, 2.45) is 0 Å². The average Bonchev–Trinajstić information content (AvgIpc) is 1.93. The first-order valence-corrected chi connectivity index (χ1v) is 2.99. The number of nitrogen functional groups attached to an aromatic ring is 1. The highest BCUT2D eigenvalue weighted by Gasteiger charge is 2.04. The van der Waals surface area contributed by atoms with E-state index in [2.05, 4.69) is 0 Å². The minimum atomic E-state index is -0.651. The Hall–Kier alpha value is -0.695. The van der Waals surface area contributed by atoms with Crippen LogP contribution in [-0.2, 0) is 0 Å². The van der Waals surface area contributed by atoms with Gasteiger partial charge in [0.15, 0.2) is 0 Å². The molecular formula is C6H4BClFN. The lowest BCUT2D eigenvalue weighted by Gasteiger charge is -2.00. The maximum Gasteiger partial charge on any atom is 0.136 e. The number of nitrogens with two attached hydrogens (primary N) is 1. The molecule has 0 atom stereocenters. The molecule has 0 aliphatic heterocycles. The van der Waals surface area contributed by atoms with Crippen LogP contribution in [0.15, 0.2) is 12.1 Å². The molecule has 0 unspecified atom stereocenters. The smallest absolute Gasteiger partial charge is 0.136 e. The van der Waals surface area contributed by atoms with Gasteiger partial charge in [-0.05, 0) is 6.07 Å². The van der Waals surface area contributed by atoms with Crippen LogP contribution in [0.3, 0.4) is 0 Å². The Morgan fingerprint density at radius 1 is 1.50 bits per heavy atom. The summed E-state index contributed by atoms with van der Waals surface area (Å²) < 4.78 is 12.7. The molecule has 1 nitrogen and oxygen atoms in total. The molecule has 1 aromatic carbocycles. The van der Waals surface area contributed by atoms with E-state index >= 15 is 0 Å². The first kappa shape index (κ1) is 7.41. The van der Waals surface area contributed by atoms with E-state index in [4.69, 9.17) is 25.2 Å². The third kappa shape index (κ3) is 1.09. The molecule has 10 heavy (non-hydrogen) atoms. The molecule has 50 valence electrons. The Morgan fingerprint density at radius 3 is 2.60 bits per heavy atom. The predicted molar refractivity (Wildman–Crippen MR) is 41.2 cm³/mol. The fourth-order valence-corrected chi connectivity index (χ4v) is 0.751. The maximum atomic E-state index is 12.7. The third-order valence-electron chi connectivity index (χ3n) is 1.14. The van der Waals surface area contributed by atoms with Crippen LogP contribution in [0.5, 0.6) is 0 Å². The van der Waals surface area contributed by atoms with Crippen LogP contribution in [0.25, 0.3) is 0 Å². The summed E-state index contributed by atoms with van der Waals surface area (Å²) in [5.74, 6) is -0.651. The summed E-state index contributed by atoms with van der Waals surface area (Å²) in [5, 5.41) is -0.111. The lowest BCUT2D eigenvalue weighted by Crippen LogP contribution is -2.09. The second-order valence-corrected chi connectivity index (χ2v) is 2.25. The van der Waals surface area contributed by atoms with Crippen LogP contribution in [0.2, 0.25) is 5.02 Å². The summed E-state index contributed by atoms with van der Waals surface area (Å²) in [6.45, 7) is 0. The number of hydrogen-bond acceptors (Lipinski definition) is 1. The van der Waals surface area contributed by atoms with Gasteiger partial charge in [-0.25, -0.2) is 4.39 Å². The van der Waals surface area contributed by atoms with E-state index in [9.17, 15) is 4.39 Å². The molecule has 0 saturated heterocycles. The molecule has 0 heterocycles. The molecule has 0 aliphatic rings. The lowest BCUT2D eigenvalue weighted by molar-refractivity contribution is 0.637. The van der Waals surface area contributed by atoms with Gasteiger partial charge in [-0.3, -0.25) is 0 Å². The molecular weight excluding hydrogens is 151 g/mol. The fraction of sp³-hybridized carbons (Fsp3) is 0. The van der Waals surface area contributed by atoms with Crippen molar-refractivity contribution >= 4 is 30.6 Å². The highest BCUT2D eigenvalue weighted by atomic mass is 35.5. The van der Waals surface area contributed by atoms with E-state index in [1.54, 1.807) is 0 Å². The average molecular weight is 155 g/mol. The monoisotopic (exact) mass is 155 g/mol. The second kappa shape index (κ2) is 2.50. The number of rotatable bonds is 0. The molecule has 0 aliphatic carbocycles. The highest BCUT2D eigenvalue weighted by molar-refractivity contribution is 6.37. The van der Waals surface area contributed by atoms with Crippen LogP contribution in [0.1, 0.15) is 0 Å². The van der Waals surface area contributed by atoms with Crippen LogP contribution < -0.4 is 11.2 Å². The Bertz CT molecular complexity index is 237. The van der Waals surface area contributed by atoms with Gasteiger partial charge < -0.3 is 5.73 Å². The first-order chi connectivity index (χ1) is 4.63. The van der Waals surface area contributed by atoms with Crippen molar-refractivity contribution in [2.45, 2.75) is 0 Å². The molecule has 1 rings (SSSR count). The lowest BCUT2D eigenvalue weighted by atomic mass is 9.95. The topological polar surface area (TPSA) is 26.0 Å². The summed E-state index contributed by atoms with van der Waals surface area (Å²) in [5.41, 5.74) is 5.48.